The number of fused-ring (bicyclic) bond motifs is 2. The maximum absolute atomic E-state index is 13.1. The summed E-state index contributed by atoms with van der Waals surface area (Å²) in [5, 5.41) is 6.07. The third-order valence-electron chi connectivity index (χ3n) is 6.16. The third-order valence-corrected chi connectivity index (χ3v) is 8.09. The second-order valence-electron chi connectivity index (χ2n) is 7.73. The molecule has 2 saturated carbocycles. The van der Waals surface area contributed by atoms with Crippen LogP contribution in [0.25, 0.3) is 0 Å². The zero-order valence-corrected chi connectivity index (χ0v) is 16.4. The van der Waals surface area contributed by atoms with Crippen LogP contribution >= 0.6 is 0 Å². The molecule has 2 bridgehead atoms. The van der Waals surface area contributed by atoms with Crippen LogP contribution in [0.15, 0.2) is 23.1 Å². The molecule has 7 nitrogen and oxygen atoms in total. The average Bonchev–Trinajstić information content (AvgIpc) is 3.31. The van der Waals surface area contributed by atoms with E-state index in [1.807, 2.05) is 0 Å². The molecule has 27 heavy (non-hydrogen) atoms. The van der Waals surface area contributed by atoms with E-state index >= 15 is 0 Å². The molecule has 2 aliphatic carbocycles. The van der Waals surface area contributed by atoms with E-state index in [-0.39, 0.29) is 16.8 Å². The minimum atomic E-state index is -3.69. The summed E-state index contributed by atoms with van der Waals surface area (Å²) < 4.78 is 32.9. The number of nitrogens with zero attached hydrogens (tertiary/aromatic N) is 1. The number of anilines is 1. The molecule has 1 aromatic carbocycles. The highest BCUT2D eigenvalue weighted by molar-refractivity contribution is 7.89. The van der Waals surface area contributed by atoms with Crippen molar-refractivity contribution >= 4 is 21.6 Å². The lowest BCUT2D eigenvalue weighted by atomic mass is 9.95. The first-order valence-electron chi connectivity index (χ1n) is 9.69. The molecule has 8 heteroatoms. The first-order chi connectivity index (χ1) is 13.0. The summed E-state index contributed by atoms with van der Waals surface area (Å²) in [6.07, 6.45) is 4.71. The lowest BCUT2D eigenvalue weighted by Crippen LogP contribution is -2.41. The predicted molar refractivity (Wildman–Crippen MR) is 102 cm³/mol. The van der Waals surface area contributed by atoms with E-state index < -0.39 is 10.0 Å². The molecule has 1 heterocycles. The van der Waals surface area contributed by atoms with Crippen LogP contribution in [0.1, 0.15) is 36.0 Å². The smallest absolute Gasteiger partial charge is 0.251 e. The van der Waals surface area contributed by atoms with Crippen molar-refractivity contribution in [2.24, 2.45) is 11.8 Å². The Balaban J connectivity index is 1.57. The van der Waals surface area contributed by atoms with Gasteiger partial charge in [-0.2, -0.15) is 4.31 Å². The van der Waals surface area contributed by atoms with Crippen molar-refractivity contribution in [1.82, 2.24) is 9.62 Å². The highest BCUT2D eigenvalue weighted by atomic mass is 32.2. The van der Waals surface area contributed by atoms with Crippen LogP contribution in [0, 0.1) is 11.8 Å². The molecular weight excluding hydrogens is 366 g/mol. The summed E-state index contributed by atoms with van der Waals surface area (Å²) in [5.41, 5.74) is 0.890. The van der Waals surface area contributed by atoms with Crippen molar-refractivity contribution in [2.45, 2.75) is 36.6 Å². The van der Waals surface area contributed by atoms with E-state index in [9.17, 15) is 13.2 Å². The lowest BCUT2D eigenvalue weighted by molar-refractivity contribution is 0.0730. The second-order valence-corrected chi connectivity index (χ2v) is 9.64. The number of morpholine rings is 1. The Kier molecular flexibility index (Phi) is 5.13. The summed E-state index contributed by atoms with van der Waals surface area (Å²) in [4.78, 5) is 12.9. The van der Waals surface area contributed by atoms with Gasteiger partial charge in [0.1, 0.15) is 4.90 Å². The van der Waals surface area contributed by atoms with Crippen LogP contribution in [0.5, 0.6) is 0 Å². The van der Waals surface area contributed by atoms with E-state index in [1.165, 1.54) is 29.6 Å². The summed E-state index contributed by atoms with van der Waals surface area (Å²) in [7, 11) is -2.00. The molecule has 3 fully saturated rings. The SMILES string of the molecule is CNc1ccc(C(=O)NC2CC3CCC2C3)cc1S(=O)(=O)N1CCOCC1. The van der Waals surface area contributed by atoms with Gasteiger partial charge < -0.3 is 15.4 Å². The fourth-order valence-corrected chi connectivity index (χ4v) is 6.31. The summed E-state index contributed by atoms with van der Waals surface area (Å²) in [6, 6.07) is 5.08. The van der Waals surface area contributed by atoms with Gasteiger partial charge in [-0.1, -0.05) is 6.42 Å². The maximum Gasteiger partial charge on any atom is 0.251 e. The summed E-state index contributed by atoms with van der Waals surface area (Å²) in [6.45, 7) is 1.43. The normalized spacial score (nSPS) is 28.3. The van der Waals surface area contributed by atoms with Crippen molar-refractivity contribution < 1.29 is 17.9 Å². The zero-order chi connectivity index (χ0) is 19.0. The number of rotatable bonds is 5. The van der Waals surface area contributed by atoms with Gasteiger partial charge in [-0.3, -0.25) is 4.79 Å². The number of carbonyl (C=O) groups excluding carboxylic acids is 1. The highest BCUT2D eigenvalue weighted by Crippen LogP contribution is 2.44. The van der Waals surface area contributed by atoms with Crippen LogP contribution < -0.4 is 10.6 Å². The number of sulfonamides is 1. The zero-order valence-electron chi connectivity index (χ0n) is 15.6. The third kappa shape index (κ3) is 3.58. The largest absolute Gasteiger partial charge is 0.387 e. The number of amides is 1. The van der Waals surface area contributed by atoms with E-state index in [0.29, 0.717) is 43.5 Å². The van der Waals surface area contributed by atoms with Crippen LogP contribution in [-0.2, 0) is 14.8 Å². The number of hydrogen-bond acceptors (Lipinski definition) is 5. The molecule has 3 aliphatic rings. The van der Waals surface area contributed by atoms with Crippen LogP contribution in [0.3, 0.4) is 0 Å². The minimum Gasteiger partial charge on any atom is -0.387 e. The predicted octanol–water partition coefficient (Wildman–Crippen LogP) is 1.67. The Morgan fingerprint density at radius 1 is 1.19 bits per heavy atom. The van der Waals surface area contributed by atoms with Gasteiger partial charge in [0.2, 0.25) is 10.0 Å². The van der Waals surface area contributed by atoms with E-state index in [4.69, 9.17) is 4.74 Å². The Bertz CT molecular complexity index is 820. The number of nitrogens with one attached hydrogen (secondary N) is 2. The number of hydrogen-bond donors (Lipinski definition) is 2. The molecule has 1 aromatic rings. The molecule has 1 amide bonds. The quantitative estimate of drug-likeness (QED) is 0.795. The second kappa shape index (κ2) is 7.41. The van der Waals surface area contributed by atoms with E-state index in [0.717, 1.165) is 12.3 Å². The Morgan fingerprint density at radius 2 is 1.96 bits per heavy atom. The number of carbonyl (C=O) groups is 1. The maximum atomic E-state index is 13.1. The van der Waals surface area contributed by atoms with Gasteiger partial charge in [-0.15, -0.1) is 0 Å². The van der Waals surface area contributed by atoms with Gasteiger partial charge in [0, 0.05) is 31.7 Å². The molecule has 2 N–H and O–H groups in total. The van der Waals surface area contributed by atoms with Gasteiger partial charge in [-0.05, 0) is 49.3 Å². The molecule has 0 spiro atoms. The van der Waals surface area contributed by atoms with Crippen molar-refractivity contribution in [1.29, 1.82) is 0 Å². The Hall–Kier alpha value is -1.64. The highest BCUT2D eigenvalue weighted by Gasteiger charge is 2.40. The standard InChI is InChI=1S/C19H27N3O4S/c1-20-16-5-4-15(19(23)21-17-11-13-2-3-14(17)10-13)12-18(16)27(24,25)22-6-8-26-9-7-22/h4-5,12-14,17,20H,2-3,6-11H2,1H3,(H,21,23). The molecule has 3 unspecified atom stereocenters. The van der Waals surface area contributed by atoms with E-state index in [2.05, 4.69) is 10.6 Å². The van der Waals surface area contributed by atoms with Gasteiger partial charge in [0.05, 0.1) is 18.9 Å². The van der Waals surface area contributed by atoms with Crippen molar-refractivity contribution in [3.63, 3.8) is 0 Å². The summed E-state index contributed by atoms with van der Waals surface area (Å²) in [5.74, 6) is 1.13. The Labute approximate surface area is 160 Å². The topological polar surface area (TPSA) is 87.7 Å². The first kappa shape index (κ1) is 18.7. The summed E-state index contributed by atoms with van der Waals surface area (Å²) >= 11 is 0. The fourth-order valence-electron chi connectivity index (χ4n) is 4.68. The van der Waals surface area contributed by atoms with Gasteiger partial charge in [-0.25, -0.2) is 8.42 Å². The molecule has 3 atom stereocenters. The van der Waals surface area contributed by atoms with Crippen LogP contribution in [-0.4, -0.2) is 58.0 Å². The van der Waals surface area contributed by atoms with Crippen LogP contribution in [0.4, 0.5) is 5.69 Å². The Morgan fingerprint density at radius 3 is 2.59 bits per heavy atom. The minimum absolute atomic E-state index is 0.146. The van der Waals surface area contributed by atoms with Crippen molar-refractivity contribution in [3.05, 3.63) is 23.8 Å². The molecule has 0 aromatic heterocycles. The number of ether oxygens (including phenoxy) is 1. The molecule has 1 saturated heterocycles. The van der Waals surface area contributed by atoms with Gasteiger partial charge >= 0.3 is 0 Å². The molecular formula is C19H27N3O4S. The first-order valence-corrected chi connectivity index (χ1v) is 11.1. The van der Waals surface area contributed by atoms with Crippen molar-refractivity contribution in [3.8, 4) is 0 Å². The lowest BCUT2D eigenvalue weighted by Gasteiger charge is -2.27. The number of benzene rings is 1. The molecule has 4 rings (SSSR count). The van der Waals surface area contributed by atoms with Crippen molar-refractivity contribution in [2.75, 3.05) is 38.7 Å². The monoisotopic (exact) mass is 393 g/mol. The molecule has 0 radical (unpaired) electrons. The fraction of sp³-hybridized carbons (Fsp3) is 0.632. The average molecular weight is 394 g/mol. The van der Waals surface area contributed by atoms with Crippen LogP contribution in [0.2, 0.25) is 0 Å². The van der Waals surface area contributed by atoms with E-state index in [1.54, 1.807) is 19.2 Å². The van der Waals surface area contributed by atoms with Gasteiger partial charge in [0.15, 0.2) is 0 Å². The molecule has 148 valence electrons. The van der Waals surface area contributed by atoms with Gasteiger partial charge in [0.25, 0.3) is 5.91 Å². The molecule has 1 aliphatic heterocycles.